The molecular formula is C93H173O25P. The summed E-state index contributed by atoms with van der Waals surface area (Å²) in [5.41, 5.74) is 0. The van der Waals surface area contributed by atoms with Gasteiger partial charge < -0.3 is 88.7 Å². The van der Waals surface area contributed by atoms with Gasteiger partial charge in [0.25, 0.3) is 0 Å². The number of carbonyl (C=O) groups is 4. The van der Waals surface area contributed by atoms with Gasteiger partial charge in [-0.3, -0.25) is 28.2 Å². The van der Waals surface area contributed by atoms with Crippen molar-refractivity contribution in [2.45, 2.75) is 524 Å². The summed E-state index contributed by atoms with van der Waals surface area (Å²) in [6, 6.07) is 0. The van der Waals surface area contributed by atoms with E-state index in [9.17, 15) is 74.6 Å². The molecule has 19 atom stereocenters. The van der Waals surface area contributed by atoms with E-state index in [4.69, 9.17) is 46.9 Å². The molecule has 0 spiro atoms. The summed E-state index contributed by atoms with van der Waals surface area (Å²) in [6.07, 6.45) is 29.0. The van der Waals surface area contributed by atoms with Crippen LogP contribution in [0.4, 0.5) is 0 Å². The minimum Gasteiger partial charge on any atom is -0.463 e. The quantitative estimate of drug-likeness (QED) is 0.00889. The van der Waals surface area contributed by atoms with Gasteiger partial charge in [-0.25, -0.2) is 4.57 Å². The second-order valence-corrected chi connectivity index (χ2v) is 36.3. The molecule has 0 radical (unpaired) electrons. The van der Waals surface area contributed by atoms with Crippen LogP contribution >= 0.6 is 7.82 Å². The molecule has 3 rings (SSSR count). The number of ether oxygens (including phenoxy) is 8. The van der Waals surface area contributed by atoms with Crippen molar-refractivity contribution < 1.29 is 122 Å². The van der Waals surface area contributed by atoms with Crippen LogP contribution in [0.3, 0.4) is 0 Å². The van der Waals surface area contributed by atoms with Gasteiger partial charge in [-0.1, -0.05) is 355 Å². The first-order chi connectivity index (χ1) is 57.6. The molecule has 19 unspecified atom stereocenters. The number of aliphatic hydroxyl groups excluding tert-OH is 9. The highest BCUT2D eigenvalue weighted by Gasteiger charge is 2.60. The summed E-state index contributed by atoms with van der Waals surface area (Å²) in [5, 5.41) is 102. The number of aliphatic hydroxyl groups is 9. The lowest BCUT2D eigenvalue weighted by atomic mass is 9.84. The summed E-state index contributed by atoms with van der Waals surface area (Å²) in [7, 11) is -5.81. The first-order valence-electron chi connectivity index (χ1n) is 48.3. The highest BCUT2D eigenvalue weighted by atomic mass is 31.2. The van der Waals surface area contributed by atoms with Crippen LogP contribution in [0, 0.1) is 5.92 Å². The van der Waals surface area contributed by atoms with Gasteiger partial charge in [0.05, 0.1) is 13.2 Å². The van der Waals surface area contributed by atoms with Crippen LogP contribution in [0.25, 0.3) is 0 Å². The van der Waals surface area contributed by atoms with Gasteiger partial charge in [-0.2, -0.15) is 0 Å². The maximum absolute atomic E-state index is 14.9. The van der Waals surface area contributed by atoms with Crippen LogP contribution in [0.15, 0.2) is 12.2 Å². The summed E-state index contributed by atoms with van der Waals surface area (Å²) in [5.74, 6) is -2.29. The second-order valence-electron chi connectivity index (χ2n) is 34.9. The van der Waals surface area contributed by atoms with E-state index in [-0.39, 0.29) is 25.7 Å². The number of hydrogen-bond acceptors (Lipinski definition) is 24. The van der Waals surface area contributed by atoms with Gasteiger partial charge in [-0.05, 0) is 57.3 Å². The fourth-order valence-corrected chi connectivity index (χ4v) is 17.1. The molecular weight excluding hydrogens is 1550 g/mol. The van der Waals surface area contributed by atoms with Gasteiger partial charge in [0.15, 0.2) is 24.8 Å². The van der Waals surface area contributed by atoms with Gasteiger partial charge in [0, 0.05) is 25.7 Å². The van der Waals surface area contributed by atoms with Crippen LogP contribution < -0.4 is 0 Å². The molecule has 10 N–H and O–H groups in total. The molecule has 700 valence electrons. The largest absolute Gasteiger partial charge is 0.472 e. The number of phosphoric acid groups is 1. The minimum atomic E-state index is -5.81. The molecule has 1 aliphatic carbocycles. The highest BCUT2D eigenvalue weighted by molar-refractivity contribution is 7.47. The monoisotopic (exact) mass is 1720 g/mol. The van der Waals surface area contributed by atoms with Crippen LogP contribution in [-0.4, -0.2) is 205 Å². The van der Waals surface area contributed by atoms with E-state index in [0.717, 1.165) is 148 Å². The molecule has 0 amide bonds. The first kappa shape index (κ1) is 110. The van der Waals surface area contributed by atoms with Gasteiger partial charge in [-0.15, -0.1) is 0 Å². The SMILES string of the molecule is CCCCCC/C=C\CCCCCCCCCC(=O)OCC(COP(=O)(O)OC1C(OC2OC(CO)C(O)C(O)C2O)C(O)C(O)C(OC(=O)CCCCCCCCCCCCCCCCCC)C1OC1OC(COC(=O)CCCCCCCCCCCCCCC)C(O)C(O)C1O)OC(=O)CCCCCCCCC(C)CCCCCCCC. The zero-order valence-electron chi connectivity index (χ0n) is 74.8. The molecule has 3 aliphatic rings. The molecule has 1 saturated carbocycles. The zero-order valence-corrected chi connectivity index (χ0v) is 75.7. The Morgan fingerprint density at radius 1 is 0.353 bits per heavy atom. The maximum atomic E-state index is 14.9. The molecule has 119 heavy (non-hydrogen) atoms. The molecule has 2 heterocycles. The van der Waals surface area contributed by atoms with Crippen molar-refractivity contribution in [1.29, 1.82) is 0 Å². The smallest absolute Gasteiger partial charge is 0.463 e. The van der Waals surface area contributed by atoms with Gasteiger partial charge >= 0.3 is 31.7 Å². The van der Waals surface area contributed by atoms with Gasteiger partial charge in [0.1, 0.15) is 92.6 Å². The number of carbonyl (C=O) groups excluding carboxylic acids is 4. The Kier molecular flexibility index (Phi) is 66.1. The minimum absolute atomic E-state index is 0.0182. The number of esters is 4. The number of phosphoric ester groups is 1. The van der Waals surface area contributed by atoms with E-state index in [1.807, 2.05) is 0 Å². The molecule has 25 nitrogen and oxygen atoms in total. The average molecular weight is 1720 g/mol. The van der Waals surface area contributed by atoms with Crippen molar-refractivity contribution in [3.05, 3.63) is 12.2 Å². The van der Waals surface area contributed by atoms with E-state index >= 15 is 0 Å². The molecule has 0 aromatic carbocycles. The Hall–Kier alpha value is -2.79. The average Bonchev–Trinajstić information content (AvgIpc) is 0.754. The topological polar surface area (TPSA) is 380 Å². The Morgan fingerprint density at radius 3 is 1.09 bits per heavy atom. The Bertz CT molecular complexity index is 2530. The number of unbranched alkanes of at least 4 members (excludes halogenated alkanes) is 48. The molecule has 26 heteroatoms. The van der Waals surface area contributed by atoms with Crippen LogP contribution in [0.2, 0.25) is 0 Å². The summed E-state index contributed by atoms with van der Waals surface area (Å²) < 4.78 is 73.6. The van der Waals surface area contributed by atoms with Crippen molar-refractivity contribution in [2.75, 3.05) is 26.4 Å². The van der Waals surface area contributed by atoms with Crippen LogP contribution in [0.5, 0.6) is 0 Å². The van der Waals surface area contributed by atoms with Crippen LogP contribution in [-0.2, 0) is 70.7 Å². The fraction of sp³-hybridized carbons (Fsp3) is 0.935. The van der Waals surface area contributed by atoms with E-state index in [0.29, 0.717) is 38.0 Å². The lowest BCUT2D eigenvalue weighted by Crippen LogP contribution is -2.70. The van der Waals surface area contributed by atoms with E-state index < -0.39 is 162 Å². The van der Waals surface area contributed by atoms with E-state index in [1.54, 1.807) is 0 Å². The molecule has 0 aromatic rings. The molecule has 3 fully saturated rings. The van der Waals surface area contributed by atoms with Crippen molar-refractivity contribution in [1.82, 2.24) is 0 Å². The second kappa shape index (κ2) is 71.3. The van der Waals surface area contributed by atoms with E-state index in [1.165, 1.54) is 180 Å². The van der Waals surface area contributed by atoms with Crippen molar-refractivity contribution >= 4 is 31.7 Å². The van der Waals surface area contributed by atoms with Crippen molar-refractivity contribution in [2.24, 2.45) is 5.92 Å². The predicted octanol–water partition coefficient (Wildman–Crippen LogP) is 18.2. The zero-order chi connectivity index (χ0) is 86.9. The summed E-state index contributed by atoms with van der Waals surface area (Å²) >= 11 is 0. The number of allylic oxidation sites excluding steroid dienone is 2. The lowest BCUT2D eigenvalue weighted by molar-refractivity contribution is -0.360. The third kappa shape index (κ3) is 51.6. The van der Waals surface area contributed by atoms with Crippen LogP contribution in [0.1, 0.15) is 420 Å². The lowest BCUT2D eigenvalue weighted by Gasteiger charge is -2.50. The van der Waals surface area contributed by atoms with Crippen molar-refractivity contribution in [3.8, 4) is 0 Å². The maximum Gasteiger partial charge on any atom is 0.472 e. The van der Waals surface area contributed by atoms with Crippen molar-refractivity contribution in [3.63, 3.8) is 0 Å². The molecule has 2 saturated heterocycles. The fourth-order valence-electron chi connectivity index (χ4n) is 16.1. The summed E-state index contributed by atoms with van der Waals surface area (Å²) in [4.78, 5) is 66.6. The standard InChI is InChI=1S/C93H173O25P/c1-6-10-14-18-22-25-28-31-33-35-38-41-44-47-54-61-67-79(98)115-88-84(103)85(104)89(116-92-86(105)82(101)80(99)74(68-94)113-92)91(90(88)117-93-87(106)83(102)81(100)75(114-93)71-110-77(96)65-59-53-46-43-39-36-30-27-24-20-16-12-8-3)118-119(107,108)111-70-73(69-109-76(95)64-58-52-45-42-40-37-34-32-29-26-23-19-15-11-7-2)112-78(97)66-60-55-49-48-51-57-63-72(5)62-56-50-21-17-13-9-4/h26,29,72-75,80-94,99-106H,6-25,27-28,30-71H2,1-5H3,(H,107,108)/b29-26-. The number of hydrogen-bond donors (Lipinski definition) is 10. The number of rotatable bonds is 78. The van der Waals surface area contributed by atoms with E-state index in [2.05, 4.69) is 46.8 Å². The Balaban J connectivity index is 1.92. The first-order valence-corrected chi connectivity index (χ1v) is 49.8. The molecule has 2 aliphatic heterocycles. The molecule has 0 aromatic heterocycles. The third-order valence-corrected chi connectivity index (χ3v) is 24.9. The summed E-state index contributed by atoms with van der Waals surface area (Å²) in [6.45, 7) is 7.94. The highest BCUT2D eigenvalue weighted by Crippen LogP contribution is 2.49. The van der Waals surface area contributed by atoms with Gasteiger partial charge in [0.2, 0.25) is 0 Å². The Morgan fingerprint density at radius 2 is 0.681 bits per heavy atom. The molecule has 0 bridgehead atoms. The third-order valence-electron chi connectivity index (χ3n) is 23.9. The Labute approximate surface area is 718 Å². The predicted molar refractivity (Wildman–Crippen MR) is 463 cm³/mol. The normalized spacial score (nSPS) is 25.1.